The van der Waals surface area contributed by atoms with E-state index >= 15 is 0 Å². The lowest BCUT2D eigenvalue weighted by Crippen LogP contribution is -2.49. The van der Waals surface area contributed by atoms with Crippen molar-refractivity contribution in [3.63, 3.8) is 0 Å². The number of rotatable bonds is 5. The van der Waals surface area contributed by atoms with E-state index in [9.17, 15) is 4.79 Å². The van der Waals surface area contributed by atoms with Crippen LogP contribution in [0.1, 0.15) is 5.56 Å². The highest BCUT2D eigenvalue weighted by Crippen LogP contribution is 2.20. The van der Waals surface area contributed by atoms with Gasteiger partial charge in [0.05, 0.1) is 11.4 Å². The Hall–Kier alpha value is -1.76. The number of carbonyl (C=O) groups is 1. The van der Waals surface area contributed by atoms with Gasteiger partial charge in [-0.25, -0.2) is 5.01 Å². The number of nitrogens with one attached hydrogen (secondary N) is 1. The van der Waals surface area contributed by atoms with E-state index in [1.165, 1.54) is 16.8 Å². The van der Waals surface area contributed by atoms with Crippen LogP contribution in [0, 0.1) is 0 Å². The van der Waals surface area contributed by atoms with Crippen LogP contribution in [0.25, 0.3) is 0 Å². The molecule has 2 rings (SSSR count). The molecule has 0 heterocycles. The van der Waals surface area contributed by atoms with Gasteiger partial charge in [-0.3, -0.25) is 10.2 Å². The molecule has 0 aromatic heterocycles. The normalized spacial score (nSPS) is 10.1. The first-order valence-electron chi connectivity index (χ1n) is 6.83. The minimum atomic E-state index is -0.182. The lowest BCUT2D eigenvalue weighted by molar-refractivity contribution is -0.118. The van der Waals surface area contributed by atoms with Gasteiger partial charge in [0.1, 0.15) is 0 Å². The predicted octanol–water partition coefficient (Wildman–Crippen LogP) is 3.35. The smallest absolute Gasteiger partial charge is 0.248 e. The molecule has 0 radical (unpaired) electrons. The van der Waals surface area contributed by atoms with Crippen molar-refractivity contribution < 1.29 is 4.79 Å². The second-order valence-electron chi connectivity index (χ2n) is 4.63. The molecule has 4 nitrogen and oxygen atoms in total. The molecule has 2 aromatic carbocycles. The fourth-order valence-electron chi connectivity index (χ4n) is 1.85. The van der Waals surface area contributed by atoms with Gasteiger partial charge >= 0.3 is 0 Å². The lowest BCUT2D eigenvalue weighted by atomic mass is 10.2. The van der Waals surface area contributed by atoms with Crippen molar-refractivity contribution in [3.05, 3.63) is 65.2 Å². The number of hydrazine groups is 1. The van der Waals surface area contributed by atoms with E-state index in [1.807, 2.05) is 54.6 Å². The number of para-hydroxylation sites is 1. The number of halogens is 1. The molecule has 1 amide bonds. The monoisotopic (exact) mass is 365 g/mol. The molecule has 0 aliphatic carbocycles. The zero-order chi connectivity index (χ0) is 16.7. The van der Waals surface area contributed by atoms with E-state index in [0.29, 0.717) is 16.5 Å². The molecule has 2 aromatic rings. The maximum Gasteiger partial charge on any atom is 0.248 e. The summed E-state index contributed by atoms with van der Waals surface area (Å²) in [5.41, 5.74) is 10.1. The van der Waals surface area contributed by atoms with Gasteiger partial charge in [-0.05, 0) is 36.0 Å². The van der Waals surface area contributed by atoms with Gasteiger partial charge in [0.25, 0.3) is 0 Å². The summed E-state index contributed by atoms with van der Waals surface area (Å²) in [6, 6.07) is 16.8. The van der Waals surface area contributed by atoms with Gasteiger partial charge in [-0.2, -0.15) is 0 Å². The molecule has 0 fully saturated rings. The number of nitrogens with two attached hydrogens (primary N) is 1. The molecule has 7 heteroatoms. The summed E-state index contributed by atoms with van der Waals surface area (Å²) in [6.07, 6.45) is 0. The number of benzene rings is 2. The number of amides is 1. The topological polar surface area (TPSA) is 58.4 Å². The number of hydrogen-bond acceptors (Lipinski definition) is 3. The molecule has 0 atom stereocenters. The van der Waals surface area contributed by atoms with E-state index in [-0.39, 0.29) is 16.8 Å². The highest BCUT2D eigenvalue weighted by Gasteiger charge is 2.13. The average molecular weight is 366 g/mol. The van der Waals surface area contributed by atoms with Gasteiger partial charge in [-0.15, -0.1) is 11.8 Å². The Morgan fingerprint density at radius 3 is 2.48 bits per heavy atom. The van der Waals surface area contributed by atoms with Gasteiger partial charge < -0.3 is 5.73 Å². The van der Waals surface area contributed by atoms with Gasteiger partial charge in [0.2, 0.25) is 5.91 Å². The van der Waals surface area contributed by atoms with E-state index in [2.05, 4.69) is 5.43 Å². The fourth-order valence-corrected chi connectivity index (χ4v) is 3.11. The van der Waals surface area contributed by atoms with Crippen LogP contribution in [-0.2, 0) is 10.5 Å². The Kier molecular flexibility index (Phi) is 6.70. The van der Waals surface area contributed by atoms with Crippen molar-refractivity contribution >= 4 is 52.3 Å². The van der Waals surface area contributed by atoms with Crippen LogP contribution in [0.3, 0.4) is 0 Å². The first-order valence-corrected chi connectivity index (χ1v) is 8.77. The summed E-state index contributed by atoms with van der Waals surface area (Å²) in [4.78, 5) is 12.1. The van der Waals surface area contributed by atoms with E-state index < -0.39 is 0 Å². The molecular weight excluding hydrogens is 350 g/mol. The van der Waals surface area contributed by atoms with E-state index in [0.717, 1.165) is 5.56 Å². The molecular formula is C16H16ClN3OS2. The number of anilines is 1. The van der Waals surface area contributed by atoms with Crippen LogP contribution in [-0.4, -0.2) is 16.8 Å². The number of thiocarbonyl (C=S) groups is 1. The number of thioether (sulfide) groups is 1. The number of hydrogen-bond donors (Lipinski definition) is 2. The lowest BCUT2D eigenvalue weighted by Gasteiger charge is -2.23. The minimum Gasteiger partial charge on any atom is -0.374 e. The molecule has 23 heavy (non-hydrogen) atoms. The molecule has 0 saturated heterocycles. The largest absolute Gasteiger partial charge is 0.374 e. The van der Waals surface area contributed by atoms with Crippen molar-refractivity contribution in [2.75, 3.05) is 10.8 Å². The number of carbonyl (C=O) groups excluding carboxylic acids is 1. The molecule has 0 saturated carbocycles. The summed E-state index contributed by atoms with van der Waals surface area (Å²) in [7, 11) is 0. The maximum atomic E-state index is 12.1. The van der Waals surface area contributed by atoms with Crippen molar-refractivity contribution in [2.45, 2.75) is 5.75 Å². The van der Waals surface area contributed by atoms with E-state index in [4.69, 9.17) is 29.6 Å². The zero-order valence-corrected chi connectivity index (χ0v) is 14.6. The highest BCUT2D eigenvalue weighted by molar-refractivity contribution is 7.99. The first-order chi connectivity index (χ1) is 11.1. The highest BCUT2D eigenvalue weighted by atomic mass is 35.5. The van der Waals surface area contributed by atoms with Crippen LogP contribution in [0.15, 0.2) is 54.6 Å². The average Bonchev–Trinajstić information content (AvgIpc) is 2.55. The Bertz CT molecular complexity index is 682. The summed E-state index contributed by atoms with van der Waals surface area (Å²) in [6.45, 7) is 0. The van der Waals surface area contributed by atoms with Crippen molar-refractivity contribution in [2.24, 2.45) is 5.73 Å². The molecule has 0 aliphatic rings. The van der Waals surface area contributed by atoms with Crippen molar-refractivity contribution in [1.82, 2.24) is 5.43 Å². The first kappa shape index (κ1) is 17.6. The SMILES string of the molecule is NC(=S)N(NC(=O)CSCc1ccccc1Cl)c1ccccc1. The molecule has 0 bridgehead atoms. The number of nitrogens with zero attached hydrogens (tertiary/aromatic N) is 1. The third-order valence-electron chi connectivity index (χ3n) is 2.92. The minimum absolute atomic E-state index is 0.0839. The summed E-state index contributed by atoms with van der Waals surface area (Å²) >= 11 is 12.5. The summed E-state index contributed by atoms with van der Waals surface area (Å²) in [5, 5.41) is 2.18. The molecule has 0 aliphatic heterocycles. The van der Waals surface area contributed by atoms with Gasteiger partial charge in [0.15, 0.2) is 5.11 Å². The maximum absolute atomic E-state index is 12.1. The van der Waals surface area contributed by atoms with E-state index in [1.54, 1.807) is 0 Å². The Morgan fingerprint density at radius 2 is 1.83 bits per heavy atom. The van der Waals surface area contributed by atoms with Crippen LogP contribution in [0.5, 0.6) is 0 Å². The Balaban J connectivity index is 1.88. The molecule has 120 valence electrons. The molecule has 0 spiro atoms. The van der Waals surface area contributed by atoms with Crippen LogP contribution >= 0.6 is 35.6 Å². The quantitative estimate of drug-likeness (QED) is 0.628. The van der Waals surface area contributed by atoms with Gasteiger partial charge in [0, 0.05) is 10.8 Å². The zero-order valence-electron chi connectivity index (χ0n) is 12.2. The van der Waals surface area contributed by atoms with Crippen LogP contribution in [0.2, 0.25) is 5.02 Å². The third-order valence-corrected chi connectivity index (χ3v) is 4.45. The predicted molar refractivity (Wildman–Crippen MR) is 101 cm³/mol. The third kappa shape index (κ3) is 5.42. The summed E-state index contributed by atoms with van der Waals surface area (Å²) < 4.78 is 0. The second kappa shape index (κ2) is 8.76. The van der Waals surface area contributed by atoms with Crippen molar-refractivity contribution in [1.29, 1.82) is 0 Å². The Morgan fingerprint density at radius 1 is 1.17 bits per heavy atom. The van der Waals surface area contributed by atoms with Crippen LogP contribution in [0.4, 0.5) is 5.69 Å². The Labute approximate surface area is 150 Å². The summed E-state index contributed by atoms with van der Waals surface area (Å²) in [5.74, 6) is 0.751. The van der Waals surface area contributed by atoms with Crippen LogP contribution < -0.4 is 16.2 Å². The fraction of sp³-hybridized carbons (Fsp3) is 0.125. The molecule has 0 unspecified atom stereocenters. The standard InChI is InChI=1S/C16H16ClN3OS2/c17-14-9-5-4-6-12(14)10-23-11-15(21)19-20(16(18)22)13-7-2-1-3-8-13/h1-9H,10-11H2,(H2,18,22)(H,19,21). The molecule has 3 N–H and O–H groups in total. The second-order valence-corrected chi connectivity index (χ2v) is 6.44. The van der Waals surface area contributed by atoms with Gasteiger partial charge in [-0.1, -0.05) is 48.0 Å². The van der Waals surface area contributed by atoms with Crippen molar-refractivity contribution in [3.8, 4) is 0 Å².